The third-order valence-electron chi connectivity index (χ3n) is 3.71. The van der Waals surface area contributed by atoms with Crippen LogP contribution in [0.25, 0.3) is 0 Å². The number of ether oxygens (including phenoxy) is 2. The van der Waals surface area contributed by atoms with Crippen molar-refractivity contribution in [3.8, 4) is 11.5 Å². The number of hydrogen-bond acceptors (Lipinski definition) is 9. The first kappa shape index (κ1) is 27.3. The summed E-state index contributed by atoms with van der Waals surface area (Å²) in [4.78, 5) is 31.4. The average molecular weight is 526 g/mol. The summed E-state index contributed by atoms with van der Waals surface area (Å²) in [5.74, 6) is 0.988. The summed E-state index contributed by atoms with van der Waals surface area (Å²) in [5.41, 5.74) is 2.30. The molecule has 0 saturated carbocycles. The Bertz CT molecular complexity index is 1010. The van der Waals surface area contributed by atoms with Crippen molar-refractivity contribution in [3.05, 3.63) is 60.6 Å². The third kappa shape index (κ3) is 8.73. The normalized spacial score (nSPS) is 10.1. The molecule has 0 saturated heterocycles. The smallest absolute Gasteiger partial charge is 0.301 e. The van der Waals surface area contributed by atoms with Crippen molar-refractivity contribution in [2.24, 2.45) is 5.10 Å². The van der Waals surface area contributed by atoms with Gasteiger partial charge in [-0.1, -0.05) is 22.9 Å². The number of hydrogen-bond donors (Lipinski definition) is 1. The molecule has 0 aliphatic rings. The van der Waals surface area contributed by atoms with Crippen molar-refractivity contribution < 1.29 is 24.1 Å². The first-order valence-electron chi connectivity index (χ1n) is 9.48. The van der Waals surface area contributed by atoms with Crippen LogP contribution in [0.4, 0.5) is 17.1 Å². The van der Waals surface area contributed by atoms with E-state index in [1.807, 2.05) is 6.92 Å². The number of amides is 1. The maximum absolute atomic E-state index is 11.2. The number of anilines is 1. The summed E-state index contributed by atoms with van der Waals surface area (Å²) < 4.78 is 11.8. The van der Waals surface area contributed by atoms with Crippen LogP contribution in [-0.4, -0.2) is 55.2 Å². The number of halogens is 1. The number of benzene rings is 2. The first-order valence-corrected chi connectivity index (χ1v) is 10.3. The molecule has 0 aromatic heterocycles. The van der Waals surface area contributed by atoms with E-state index in [0.29, 0.717) is 23.7 Å². The van der Waals surface area contributed by atoms with Crippen LogP contribution in [0.15, 0.2) is 39.9 Å². The number of hydrazone groups is 1. The number of nitrogens with zero attached hydrogens (tertiary/aromatic N) is 4. The molecule has 0 atom stereocenters. The predicted octanol–water partition coefficient (Wildman–Crippen LogP) is 4.21. The van der Waals surface area contributed by atoms with Gasteiger partial charge < -0.3 is 14.4 Å². The molecule has 0 aliphatic heterocycles. The van der Waals surface area contributed by atoms with E-state index in [-0.39, 0.29) is 11.4 Å². The number of methoxy groups -OCH3 is 1. The average Bonchev–Trinajstić information content (AvgIpc) is 2.78. The Morgan fingerprint density at radius 3 is 2.36 bits per heavy atom. The second-order valence-electron chi connectivity index (χ2n) is 6.53. The van der Waals surface area contributed by atoms with Crippen molar-refractivity contribution in [1.29, 1.82) is 0 Å². The maximum atomic E-state index is 11.2. The maximum Gasteiger partial charge on any atom is 0.301 e. The van der Waals surface area contributed by atoms with E-state index in [4.69, 9.17) is 9.47 Å². The van der Waals surface area contributed by atoms with Gasteiger partial charge in [0.25, 0.3) is 5.69 Å². The van der Waals surface area contributed by atoms with E-state index in [2.05, 4.69) is 26.5 Å². The molecule has 0 unspecified atom stereocenters. The number of carbonyl (C=O) groups excluding carboxylic acids is 1. The van der Waals surface area contributed by atoms with Crippen LogP contribution in [0, 0.1) is 20.2 Å². The molecule has 1 amide bonds. The lowest BCUT2D eigenvalue weighted by atomic mass is 10.2. The summed E-state index contributed by atoms with van der Waals surface area (Å²) in [6.07, 6.45) is 2.96. The Morgan fingerprint density at radius 2 is 1.85 bits per heavy atom. The molecule has 2 aromatic carbocycles. The number of nitro benzene ring substituents is 2. The van der Waals surface area contributed by atoms with Gasteiger partial charge in [-0.25, -0.2) is 0 Å². The number of non-ortho nitro benzene ring substituents is 1. The van der Waals surface area contributed by atoms with Gasteiger partial charge in [0, 0.05) is 30.2 Å². The van der Waals surface area contributed by atoms with Crippen LogP contribution < -0.4 is 14.9 Å². The second kappa shape index (κ2) is 13.6. The molecule has 2 aromatic rings. The molecule has 13 heteroatoms. The molecule has 0 fully saturated rings. The number of nitro groups is 2. The SMILES string of the molecule is CCCOc1c(/C=N/Nc2ccc([N+](=O)[O-])cc2[N+](=O)[O-])cc(Br)cc1OC.CN(C)C=O. The topological polar surface area (TPSA) is 149 Å². The summed E-state index contributed by atoms with van der Waals surface area (Å²) in [6.45, 7) is 2.44. The number of nitrogens with one attached hydrogen (secondary N) is 1. The minimum atomic E-state index is -0.719. The molecule has 0 bridgehead atoms. The Morgan fingerprint density at radius 1 is 1.18 bits per heavy atom. The van der Waals surface area contributed by atoms with Crippen LogP contribution in [-0.2, 0) is 4.79 Å². The Hall–Kier alpha value is -3.74. The Kier molecular flexibility index (Phi) is 11.3. The number of rotatable bonds is 10. The zero-order valence-electron chi connectivity index (χ0n) is 18.5. The summed E-state index contributed by atoms with van der Waals surface area (Å²) in [5, 5.41) is 26.0. The highest BCUT2D eigenvalue weighted by molar-refractivity contribution is 9.10. The van der Waals surface area contributed by atoms with Gasteiger partial charge in [0.05, 0.1) is 35.8 Å². The van der Waals surface area contributed by atoms with Gasteiger partial charge in [-0.3, -0.25) is 30.4 Å². The van der Waals surface area contributed by atoms with Gasteiger partial charge >= 0.3 is 5.69 Å². The molecule has 0 spiro atoms. The highest BCUT2D eigenvalue weighted by atomic mass is 79.9. The van der Waals surface area contributed by atoms with Gasteiger partial charge in [0.1, 0.15) is 5.69 Å². The van der Waals surface area contributed by atoms with E-state index >= 15 is 0 Å². The van der Waals surface area contributed by atoms with E-state index < -0.39 is 15.5 Å². The van der Waals surface area contributed by atoms with Gasteiger partial charge in [-0.05, 0) is 24.6 Å². The fourth-order valence-electron chi connectivity index (χ4n) is 2.25. The van der Waals surface area contributed by atoms with Crippen molar-refractivity contribution in [2.75, 3.05) is 33.2 Å². The Balaban J connectivity index is 0.000000981. The van der Waals surface area contributed by atoms with Crippen LogP contribution in [0.5, 0.6) is 11.5 Å². The lowest BCUT2D eigenvalue weighted by Crippen LogP contribution is -2.06. The van der Waals surface area contributed by atoms with Gasteiger partial charge in [0.2, 0.25) is 6.41 Å². The predicted molar refractivity (Wildman–Crippen MR) is 127 cm³/mol. The van der Waals surface area contributed by atoms with E-state index in [1.54, 1.807) is 26.2 Å². The molecule has 0 radical (unpaired) electrons. The molecule has 1 N–H and O–H groups in total. The van der Waals surface area contributed by atoms with E-state index in [9.17, 15) is 25.0 Å². The first-order chi connectivity index (χ1) is 15.6. The van der Waals surface area contributed by atoms with Gasteiger partial charge in [-0.2, -0.15) is 5.10 Å². The van der Waals surface area contributed by atoms with Gasteiger partial charge in [0.15, 0.2) is 11.5 Å². The van der Waals surface area contributed by atoms with Crippen molar-refractivity contribution >= 4 is 45.6 Å². The third-order valence-corrected chi connectivity index (χ3v) is 4.16. The number of carbonyl (C=O) groups is 1. The molecule has 0 aliphatic carbocycles. The van der Waals surface area contributed by atoms with Gasteiger partial charge in [-0.15, -0.1) is 0 Å². The lowest BCUT2D eigenvalue weighted by molar-refractivity contribution is -0.393. The standard InChI is InChI=1S/C17H17BrN4O6.C3H7NO/c1-3-6-28-17-11(7-12(18)8-16(17)27-2)10-19-20-14-5-4-13(21(23)24)9-15(14)22(25)26;1-4(2)3-5/h4-5,7-10,20H,3,6H2,1-2H3;3H,1-2H3/b19-10+;. The molecule has 0 heterocycles. The van der Waals surface area contributed by atoms with Crippen molar-refractivity contribution in [1.82, 2.24) is 4.90 Å². The van der Waals surface area contributed by atoms with Crippen molar-refractivity contribution in [2.45, 2.75) is 13.3 Å². The zero-order chi connectivity index (χ0) is 25.0. The fraction of sp³-hybridized carbons (Fsp3) is 0.300. The summed E-state index contributed by atoms with van der Waals surface area (Å²) in [7, 11) is 4.89. The zero-order valence-corrected chi connectivity index (χ0v) is 20.1. The van der Waals surface area contributed by atoms with Crippen molar-refractivity contribution in [3.63, 3.8) is 0 Å². The largest absolute Gasteiger partial charge is 0.493 e. The Labute approximate surface area is 198 Å². The highest BCUT2D eigenvalue weighted by Crippen LogP contribution is 2.34. The molecule has 178 valence electrons. The molecular weight excluding hydrogens is 502 g/mol. The van der Waals surface area contributed by atoms with Crippen LogP contribution >= 0.6 is 15.9 Å². The summed E-state index contributed by atoms with van der Waals surface area (Å²) >= 11 is 3.37. The van der Waals surface area contributed by atoms with E-state index in [1.165, 1.54) is 24.3 Å². The summed E-state index contributed by atoms with van der Waals surface area (Å²) in [6, 6.07) is 6.75. The molecular formula is C20H24BrN5O7. The van der Waals surface area contributed by atoms with Crippen LogP contribution in [0.2, 0.25) is 0 Å². The van der Waals surface area contributed by atoms with E-state index in [0.717, 1.165) is 29.4 Å². The fourth-order valence-corrected chi connectivity index (χ4v) is 2.70. The molecule has 33 heavy (non-hydrogen) atoms. The monoisotopic (exact) mass is 525 g/mol. The second-order valence-corrected chi connectivity index (χ2v) is 7.45. The molecule has 12 nitrogen and oxygen atoms in total. The minimum Gasteiger partial charge on any atom is -0.493 e. The highest BCUT2D eigenvalue weighted by Gasteiger charge is 2.19. The quantitative estimate of drug-likeness (QED) is 0.209. The lowest BCUT2D eigenvalue weighted by Gasteiger charge is -2.13. The van der Waals surface area contributed by atoms with Crippen LogP contribution in [0.1, 0.15) is 18.9 Å². The molecule has 2 rings (SSSR count). The van der Waals surface area contributed by atoms with Crippen LogP contribution in [0.3, 0.4) is 0 Å². The minimum absolute atomic E-state index is 0.0184.